The minimum absolute atomic E-state index is 0.0491. The summed E-state index contributed by atoms with van der Waals surface area (Å²) in [6, 6.07) is -1.35. The van der Waals surface area contributed by atoms with E-state index < -0.39 is 74.6 Å². The van der Waals surface area contributed by atoms with Crippen LogP contribution in [0.25, 0.3) is 20.9 Å². The van der Waals surface area contributed by atoms with E-state index in [2.05, 4.69) is 55.9 Å². The quantitative estimate of drug-likeness (QED) is 0.0640. The van der Waals surface area contributed by atoms with Gasteiger partial charge in [-0.1, -0.05) is 52.2 Å². The Balaban J connectivity index is 0.000000146. The van der Waals surface area contributed by atoms with Gasteiger partial charge < -0.3 is 44.6 Å². The van der Waals surface area contributed by atoms with Gasteiger partial charge in [-0.3, -0.25) is 0 Å². The lowest BCUT2D eigenvalue weighted by Crippen LogP contribution is -2.66. The average Bonchev–Trinajstić information content (AvgIpc) is 3.89. The first-order valence-electron chi connectivity index (χ1n) is 20.5. The number of hydrogen-bond acceptors (Lipinski definition) is 11. The second kappa shape index (κ2) is 12.6. The van der Waals surface area contributed by atoms with Crippen LogP contribution in [-0.4, -0.2) is 108 Å². The molecule has 2 saturated heterocycles. The van der Waals surface area contributed by atoms with Gasteiger partial charge in [-0.2, -0.15) is 0 Å². The third kappa shape index (κ3) is 4.60. The zero-order valence-corrected chi connectivity index (χ0v) is 33.5. The Kier molecular flexibility index (Phi) is 8.79. The summed E-state index contributed by atoms with van der Waals surface area (Å²) in [5.41, 5.74) is 14.4. The molecule has 8 fully saturated rings. The summed E-state index contributed by atoms with van der Waals surface area (Å²) in [6.07, 6.45) is 11.2. The van der Waals surface area contributed by atoms with Crippen molar-refractivity contribution < 1.29 is 44.6 Å². The zero-order valence-electron chi connectivity index (χ0n) is 31.9. The van der Waals surface area contributed by atoms with Crippen molar-refractivity contribution in [1.82, 2.24) is 0 Å². The molecule has 10 rings (SSSR count). The van der Waals surface area contributed by atoms with Gasteiger partial charge in [0.1, 0.15) is 18.7 Å². The molecule has 4 bridgehead atoms. The van der Waals surface area contributed by atoms with Crippen molar-refractivity contribution in [2.24, 2.45) is 43.7 Å². The van der Waals surface area contributed by atoms with E-state index in [1.807, 2.05) is 6.08 Å². The van der Waals surface area contributed by atoms with Crippen LogP contribution in [0.5, 0.6) is 0 Å². The van der Waals surface area contributed by atoms with Gasteiger partial charge in [-0.15, -0.1) is 0 Å². The van der Waals surface area contributed by atoms with Crippen LogP contribution >= 0.6 is 15.9 Å². The highest BCUT2D eigenvalue weighted by Gasteiger charge is 2.76. The molecule has 18 atom stereocenters. The lowest BCUT2D eigenvalue weighted by Gasteiger charge is -2.61. The Hall–Kier alpha value is -2.36. The summed E-state index contributed by atoms with van der Waals surface area (Å²) in [7, 11) is 0. The van der Waals surface area contributed by atoms with Crippen LogP contribution in [0.2, 0.25) is 0 Å². The van der Waals surface area contributed by atoms with Crippen molar-refractivity contribution in [2.75, 3.05) is 0 Å². The summed E-state index contributed by atoms with van der Waals surface area (Å²) in [4.78, 5) is 30.4. The van der Waals surface area contributed by atoms with Crippen LogP contribution in [0.3, 0.4) is 0 Å². The van der Waals surface area contributed by atoms with Crippen molar-refractivity contribution in [1.29, 1.82) is 0 Å². The first-order chi connectivity index (χ1) is 26.5. The molecule has 5 N–H and O–H groups in total. The van der Waals surface area contributed by atoms with Crippen molar-refractivity contribution in [2.45, 2.75) is 174 Å². The van der Waals surface area contributed by atoms with Crippen LogP contribution in [-0.2, 0) is 19.1 Å². The van der Waals surface area contributed by atoms with Crippen LogP contribution in [0.1, 0.15) is 104 Å². The summed E-state index contributed by atoms with van der Waals surface area (Å²) < 4.78 is 13.8. The maximum Gasteiger partial charge on any atom is 0.132 e. The molecule has 0 aromatic carbocycles. The highest BCUT2D eigenvalue weighted by atomic mass is 79.9. The standard InChI is InChI=1S/C20H26BrN3O4.C20H27N3O5/c1-17-4-5-18(10-25)8-11-15(21)16(27)12(23-24-22)9-19(11)6-7-20(18,28-19)13(17)2-3-14(17)26;1-17-4-5-18(10-24)8-11-15(26)16(27)12(22-23-21)9-19(11)6-7-20(18,28-19)13(17)2-3-14(17)25/h8,10,12-16,26-27H,2-7,9H2,1H3;8,10,12-16,25-27H,2-7,9H2,1H3/t12-,13+,14-,15-,16+,17-,18+,19+,20-;12-,13+,14-,15+,16+,17-,18+,19+,20-/m00/s1. The normalized spacial score (nSPS) is 56.7. The second-order valence-electron chi connectivity index (χ2n) is 19.6. The summed E-state index contributed by atoms with van der Waals surface area (Å²) in [6.45, 7) is 4.25. The van der Waals surface area contributed by atoms with Crippen LogP contribution in [0, 0.1) is 33.5 Å². The number of halogens is 1. The zero-order chi connectivity index (χ0) is 39.9. The third-order valence-corrected chi connectivity index (χ3v) is 18.8. The summed E-state index contributed by atoms with van der Waals surface area (Å²) in [5.74, 6) is 0.165. The van der Waals surface area contributed by atoms with Crippen LogP contribution in [0.15, 0.2) is 33.5 Å². The SMILES string of the molecule is C[C@]12CC[C@]3(C=O)C=C4[C@@H](O)[C@H](O)[C@@H](N=[N+]=[N-])C[C@]45CC[C@]3(O5)[C@@H]1CC[C@@H]2O.C[C@]12CC[C@]3(C=O)C=C4[C@H](Br)[C@H](O)[C@@H](N=[N+]=[N-])C[C@]45CC[C@]3(O5)[C@@H]1CC[C@@H]2O. The van der Waals surface area contributed by atoms with Crippen molar-refractivity contribution >= 4 is 28.5 Å². The molecule has 0 amide bonds. The fraction of sp³-hybridized carbons (Fsp3) is 0.850. The molecule has 6 saturated carbocycles. The number of nitrogens with zero attached hydrogens (tertiary/aromatic N) is 6. The largest absolute Gasteiger partial charge is 0.393 e. The van der Waals surface area contributed by atoms with Crippen molar-refractivity contribution in [3.63, 3.8) is 0 Å². The molecule has 0 aromatic heterocycles. The maximum absolute atomic E-state index is 12.6. The number of aldehydes is 2. The van der Waals surface area contributed by atoms with Gasteiger partial charge in [-0.25, -0.2) is 0 Å². The molecule has 4 aliphatic heterocycles. The van der Waals surface area contributed by atoms with E-state index in [-0.39, 0.29) is 28.8 Å². The fourth-order valence-electron chi connectivity index (χ4n) is 14.7. The maximum atomic E-state index is 12.6. The smallest absolute Gasteiger partial charge is 0.132 e. The van der Waals surface area contributed by atoms with E-state index in [1.54, 1.807) is 0 Å². The third-order valence-electron chi connectivity index (χ3n) is 17.8. The monoisotopic (exact) mass is 840 g/mol. The van der Waals surface area contributed by atoms with Gasteiger partial charge >= 0.3 is 0 Å². The van der Waals surface area contributed by atoms with Gasteiger partial charge in [0.25, 0.3) is 0 Å². The second-order valence-corrected chi connectivity index (χ2v) is 20.6. The Bertz CT molecular complexity index is 1760. The fourth-order valence-corrected chi connectivity index (χ4v) is 15.6. The van der Waals surface area contributed by atoms with Gasteiger partial charge in [0.15, 0.2) is 0 Å². The van der Waals surface area contributed by atoms with E-state index in [9.17, 15) is 35.1 Å². The van der Waals surface area contributed by atoms with E-state index >= 15 is 0 Å². The van der Waals surface area contributed by atoms with Crippen LogP contribution in [0.4, 0.5) is 0 Å². The molecule has 6 aliphatic carbocycles. The number of alkyl halides is 1. The molecule has 4 spiro atoms. The van der Waals surface area contributed by atoms with Crippen molar-refractivity contribution in [3.8, 4) is 0 Å². The predicted molar refractivity (Wildman–Crippen MR) is 203 cm³/mol. The number of azide groups is 2. The molecule has 16 heteroatoms. The number of hydrogen-bond donors (Lipinski definition) is 5. The van der Waals surface area contributed by atoms with Gasteiger partial charge in [0, 0.05) is 9.82 Å². The number of aliphatic hydroxyl groups is 5. The minimum Gasteiger partial charge on any atom is -0.393 e. The van der Waals surface area contributed by atoms with E-state index in [0.29, 0.717) is 50.5 Å². The van der Waals surface area contributed by atoms with Gasteiger partial charge in [-0.05, 0) is 135 Å². The number of aliphatic hydroxyl groups excluding tert-OH is 5. The predicted octanol–water partition coefficient (Wildman–Crippen LogP) is 4.95. The lowest BCUT2D eigenvalue weighted by atomic mass is 9.50. The Morgan fingerprint density at radius 2 is 1.12 bits per heavy atom. The Morgan fingerprint density at radius 1 is 0.679 bits per heavy atom. The molecule has 15 nitrogen and oxygen atoms in total. The Labute approximate surface area is 333 Å². The first kappa shape index (κ1) is 39.1. The number of rotatable bonds is 4. The molecule has 0 aromatic rings. The topological polar surface area (TPSA) is 251 Å². The van der Waals surface area contributed by atoms with E-state index in [0.717, 1.165) is 63.1 Å². The molecular formula is C40H53BrN6O9. The molecule has 4 heterocycles. The molecular weight excluding hydrogens is 788 g/mol. The number of carbonyl (C=O) groups excluding carboxylic acids is 2. The molecule has 0 unspecified atom stereocenters. The number of ether oxygens (including phenoxy) is 2. The average molecular weight is 842 g/mol. The number of carbonyl (C=O) groups is 2. The highest BCUT2D eigenvalue weighted by molar-refractivity contribution is 9.09. The summed E-state index contributed by atoms with van der Waals surface area (Å²) >= 11 is 3.61. The first-order valence-corrected chi connectivity index (χ1v) is 21.4. The lowest BCUT2D eigenvalue weighted by molar-refractivity contribution is -0.234. The van der Waals surface area contributed by atoms with Gasteiger partial charge in [0.2, 0.25) is 0 Å². The van der Waals surface area contributed by atoms with Crippen molar-refractivity contribution in [3.05, 3.63) is 44.2 Å². The van der Waals surface area contributed by atoms with E-state index in [4.69, 9.17) is 20.5 Å². The molecule has 56 heavy (non-hydrogen) atoms. The highest BCUT2D eigenvalue weighted by Crippen LogP contribution is 2.73. The molecule has 0 radical (unpaired) electrons. The molecule has 10 aliphatic rings. The number of fused-ring (bicyclic) bond motifs is 2. The van der Waals surface area contributed by atoms with E-state index in [1.165, 1.54) is 0 Å². The Morgan fingerprint density at radius 3 is 1.59 bits per heavy atom. The minimum atomic E-state index is -1.22. The molecule has 304 valence electrons. The van der Waals surface area contributed by atoms with Gasteiger partial charge in [0.05, 0.1) is 74.6 Å². The van der Waals surface area contributed by atoms with Crippen LogP contribution < -0.4 is 0 Å². The summed E-state index contributed by atoms with van der Waals surface area (Å²) in [5, 5.41) is 60.9.